The molecule has 0 N–H and O–H groups in total. The van der Waals surface area contributed by atoms with Crippen LogP contribution in [0, 0.1) is 0 Å². The van der Waals surface area contributed by atoms with Crippen molar-refractivity contribution in [1.29, 1.82) is 0 Å². The fourth-order valence-electron chi connectivity index (χ4n) is 12.6. The minimum atomic E-state index is -0.740. The number of hydrogen-bond donors (Lipinski definition) is 0. The maximum atomic E-state index is 5.42. The lowest BCUT2D eigenvalue weighted by molar-refractivity contribution is 0.694. The highest BCUT2D eigenvalue weighted by Crippen LogP contribution is 2.55. The van der Waals surface area contributed by atoms with Crippen LogP contribution in [0.25, 0.3) is 88.4 Å². The van der Waals surface area contributed by atoms with Gasteiger partial charge in [-0.05, 0) is 128 Å². The van der Waals surface area contributed by atoms with Crippen molar-refractivity contribution < 1.29 is 0 Å². The van der Waals surface area contributed by atoms with Crippen molar-refractivity contribution in [2.24, 2.45) is 0 Å². The molecule has 4 aromatic heterocycles. The summed E-state index contributed by atoms with van der Waals surface area (Å²) in [5.41, 5.74) is 21.6. The van der Waals surface area contributed by atoms with Gasteiger partial charge >= 0.3 is 0 Å². The average molecular weight is 981 g/mol. The van der Waals surface area contributed by atoms with Crippen LogP contribution in [0.3, 0.4) is 0 Å². The number of hydrogen-bond acceptors (Lipinski definition) is 2. The fourth-order valence-corrected chi connectivity index (χ4v) is 12.6. The minimum Gasteiger partial charge on any atom is -0.309 e. The van der Waals surface area contributed by atoms with Crippen molar-refractivity contribution in [3.8, 4) is 33.6 Å². The van der Waals surface area contributed by atoms with Crippen LogP contribution in [-0.2, 0) is 5.41 Å². The summed E-state index contributed by atoms with van der Waals surface area (Å²) < 4.78 is 4.74. The van der Waals surface area contributed by atoms with E-state index in [1.165, 1.54) is 43.6 Å². The van der Waals surface area contributed by atoms with Crippen molar-refractivity contribution in [3.63, 3.8) is 0 Å². The summed E-state index contributed by atoms with van der Waals surface area (Å²) in [6, 6.07) is 101. The lowest BCUT2D eigenvalue weighted by Gasteiger charge is -2.41. The molecule has 0 saturated heterocycles. The van der Waals surface area contributed by atoms with Crippen molar-refractivity contribution in [3.05, 3.63) is 336 Å². The Hall–Kier alpha value is -10.2. The van der Waals surface area contributed by atoms with E-state index in [1.807, 2.05) is 12.4 Å². The first kappa shape index (κ1) is 44.3. The van der Waals surface area contributed by atoms with E-state index in [-0.39, 0.29) is 0 Å². The van der Waals surface area contributed by atoms with Gasteiger partial charge in [-0.15, -0.1) is 0 Å². The molecular weight excluding hydrogens is 933 g/mol. The van der Waals surface area contributed by atoms with Crippen molar-refractivity contribution in [2.75, 3.05) is 0 Å². The number of pyridine rings is 2. The molecule has 77 heavy (non-hydrogen) atoms. The van der Waals surface area contributed by atoms with E-state index in [2.05, 4.69) is 288 Å². The molecule has 1 aliphatic rings. The number of rotatable bonds is 8. The summed E-state index contributed by atoms with van der Waals surface area (Å²) in [6.07, 6.45) is 3.89. The van der Waals surface area contributed by atoms with E-state index in [9.17, 15) is 0 Å². The highest BCUT2D eigenvalue weighted by molar-refractivity contribution is 6.12. The highest BCUT2D eigenvalue weighted by Gasteiger charge is 2.47. The molecular formula is C73H48N4. The predicted molar refractivity (Wildman–Crippen MR) is 318 cm³/mol. The van der Waals surface area contributed by atoms with Gasteiger partial charge in [0.1, 0.15) is 0 Å². The van der Waals surface area contributed by atoms with Crippen molar-refractivity contribution in [1.82, 2.24) is 19.1 Å². The van der Waals surface area contributed by atoms with Crippen molar-refractivity contribution >= 4 is 54.8 Å². The first-order valence-corrected chi connectivity index (χ1v) is 26.4. The Kier molecular flexibility index (Phi) is 10.4. The highest BCUT2D eigenvalue weighted by atomic mass is 15.0. The van der Waals surface area contributed by atoms with Crippen LogP contribution >= 0.6 is 0 Å². The molecule has 360 valence electrons. The quantitative estimate of drug-likeness (QED) is 0.152. The summed E-state index contributed by atoms with van der Waals surface area (Å²) in [6.45, 7) is 0. The van der Waals surface area contributed by atoms with Crippen molar-refractivity contribution in [2.45, 2.75) is 5.41 Å². The summed E-state index contributed by atoms with van der Waals surface area (Å²) in [4.78, 5) is 10.8. The lowest BCUT2D eigenvalue weighted by atomic mass is 9.61. The smallest absolute Gasteiger partial charge is 0.0901 e. The number of para-hydroxylation sites is 4. The summed E-state index contributed by atoms with van der Waals surface area (Å²) in [7, 11) is 0. The van der Waals surface area contributed by atoms with Crippen LogP contribution in [0.4, 0.5) is 0 Å². The second-order valence-corrected chi connectivity index (χ2v) is 20.0. The van der Waals surface area contributed by atoms with Gasteiger partial charge in [0.25, 0.3) is 0 Å². The zero-order valence-electron chi connectivity index (χ0n) is 42.0. The fraction of sp³-hybridized carbons (Fsp3) is 0.0137. The van der Waals surface area contributed by atoms with Gasteiger partial charge in [-0.2, -0.15) is 0 Å². The molecule has 0 spiro atoms. The van der Waals surface area contributed by atoms with E-state index in [0.717, 1.165) is 89.5 Å². The Labute approximate surface area is 446 Å². The van der Waals surface area contributed by atoms with E-state index in [1.54, 1.807) is 0 Å². The zero-order valence-corrected chi connectivity index (χ0v) is 42.0. The van der Waals surface area contributed by atoms with Crippen LogP contribution in [-0.4, -0.2) is 19.1 Å². The summed E-state index contributed by atoms with van der Waals surface area (Å²) in [5, 5.41) is 4.92. The van der Waals surface area contributed by atoms with Crippen LogP contribution < -0.4 is 0 Å². The number of aromatic nitrogens is 4. The van der Waals surface area contributed by atoms with E-state index in [4.69, 9.17) is 9.97 Å². The molecule has 1 aliphatic carbocycles. The van der Waals surface area contributed by atoms with E-state index < -0.39 is 5.41 Å². The van der Waals surface area contributed by atoms with E-state index >= 15 is 0 Å². The molecule has 0 fully saturated rings. The van der Waals surface area contributed by atoms with Gasteiger partial charge in [0.15, 0.2) is 0 Å². The number of fused-ring (bicyclic) bond motifs is 8. The van der Waals surface area contributed by atoms with Gasteiger partial charge < -0.3 is 9.13 Å². The summed E-state index contributed by atoms with van der Waals surface area (Å²) in [5.74, 6) is 0. The Morgan fingerprint density at radius 2 is 0.740 bits per heavy atom. The van der Waals surface area contributed by atoms with E-state index in [0.29, 0.717) is 0 Å². The van der Waals surface area contributed by atoms with Crippen LogP contribution in [0.15, 0.2) is 291 Å². The zero-order chi connectivity index (χ0) is 50.9. The molecule has 0 bridgehead atoms. The molecule has 4 heteroatoms. The number of benzene rings is 10. The van der Waals surface area contributed by atoms with Gasteiger partial charge in [-0.3, -0.25) is 9.97 Å². The maximum absolute atomic E-state index is 5.42. The van der Waals surface area contributed by atoms with Crippen LogP contribution in [0.1, 0.15) is 44.8 Å². The van der Waals surface area contributed by atoms with Gasteiger partial charge in [0.05, 0.1) is 38.9 Å². The maximum Gasteiger partial charge on any atom is 0.0901 e. The Balaban J connectivity index is 0.925. The van der Waals surface area contributed by atoms with Gasteiger partial charge in [0.2, 0.25) is 0 Å². The molecule has 0 atom stereocenters. The second kappa shape index (κ2) is 18.0. The average Bonchev–Trinajstić information content (AvgIpc) is 4.18. The molecule has 0 amide bonds. The predicted octanol–water partition coefficient (Wildman–Crippen LogP) is 17.7. The third kappa shape index (κ3) is 7.00. The molecule has 14 aromatic rings. The summed E-state index contributed by atoms with van der Waals surface area (Å²) >= 11 is 0. The molecule has 4 nitrogen and oxygen atoms in total. The molecule has 10 aromatic carbocycles. The van der Waals surface area contributed by atoms with Gasteiger partial charge in [-0.25, -0.2) is 0 Å². The first-order chi connectivity index (χ1) is 38.2. The topological polar surface area (TPSA) is 35.6 Å². The Morgan fingerprint density at radius 3 is 1.25 bits per heavy atom. The minimum absolute atomic E-state index is 0.740. The Morgan fingerprint density at radius 1 is 0.325 bits per heavy atom. The third-order valence-electron chi connectivity index (χ3n) is 15.9. The third-order valence-corrected chi connectivity index (χ3v) is 15.9. The Bertz CT molecular complexity index is 4280. The molecule has 4 heterocycles. The van der Waals surface area contributed by atoms with Gasteiger partial charge in [0, 0.05) is 56.4 Å². The molecule has 0 radical (unpaired) electrons. The normalized spacial score (nSPS) is 12.8. The molecule has 0 unspecified atom stereocenters. The lowest BCUT2D eigenvalue weighted by Crippen LogP contribution is -2.37. The molecule has 0 saturated carbocycles. The second-order valence-electron chi connectivity index (χ2n) is 20.0. The SMILES string of the molecule is c1ccc(-n2c3ccccc3c3cc(-c4ccc(C(=C5c6cccnc6C(c6ccccc6)(c6ccccc6)c6cccnc65)c5ccc(-c6ccc7c(c6)c6ccccc6n7-c6ccccc6)cc5)cc4)ccc32)cc1. The number of nitrogens with zero attached hydrogens (tertiary/aromatic N) is 4. The first-order valence-electron chi connectivity index (χ1n) is 26.4. The van der Waals surface area contributed by atoms with Crippen LogP contribution in [0.2, 0.25) is 0 Å². The van der Waals surface area contributed by atoms with Gasteiger partial charge in [-0.1, -0.05) is 206 Å². The largest absolute Gasteiger partial charge is 0.309 e. The van der Waals surface area contributed by atoms with Crippen LogP contribution in [0.5, 0.6) is 0 Å². The molecule has 15 rings (SSSR count). The standard InChI is InChI=1S/C73H48N4/c1-5-19-55(20-6-1)73(56-21-7-2-8-22-56)64-30-18-45-74-71(64)70(61-29-17-46-75-72(61)73)69(51-37-33-49(34-38-51)53-41-43-67-62(47-53)59-27-13-15-31-65(59)76(67)57-23-9-3-10-24-57)52-39-35-50(36-40-52)54-42-44-68-63(48-54)60-28-14-16-32-66(60)77(68)58-25-11-4-12-26-58/h1-48H. The monoisotopic (exact) mass is 980 g/mol. The molecule has 0 aliphatic heterocycles.